The molecule has 0 aliphatic carbocycles. The molecule has 1 N–H and O–H groups in total. The first-order valence-corrected chi connectivity index (χ1v) is 10.8. The van der Waals surface area contributed by atoms with Gasteiger partial charge in [0, 0.05) is 53.4 Å². The van der Waals surface area contributed by atoms with Crippen molar-refractivity contribution in [1.82, 2.24) is 15.3 Å². The van der Waals surface area contributed by atoms with Gasteiger partial charge >= 0.3 is 0 Å². The zero-order valence-corrected chi connectivity index (χ0v) is 18.9. The Morgan fingerprint density at radius 2 is 2.10 bits per heavy atom. The van der Waals surface area contributed by atoms with Crippen molar-refractivity contribution in [2.24, 2.45) is 0 Å². The standard InChI is InChI=1S/C23H33N5O3/c1-17(25-18(2)29)19-6-8-20(9-7-19)31-21-11-14-28(16-21)22-10-12-24-23(26-22)27(3)13-5-15-30-4/h6-10,12,17,21H,5,11,13-16H2,1-4H3,(H,25,29)/t17-,21+/m0/s1. The molecule has 1 aliphatic rings. The van der Waals surface area contributed by atoms with Crippen LogP contribution >= 0.6 is 0 Å². The number of aromatic nitrogens is 2. The highest BCUT2D eigenvalue weighted by Crippen LogP contribution is 2.24. The Morgan fingerprint density at radius 1 is 1.32 bits per heavy atom. The van der Waals surface area contributed by atoms with E-state index in [1.165, 1.54) is 6.92 Å². The summed E-state index contributed by atoms with van der Waals surface area (Å²) in [6.45, 7) is 6.75. The van der Waals surface area contributed by atoms with Crippen LogP contribution in [0.1, 0.15) is 38.3 Å². The van der Waals surface area contributed by atoms with Gasteiger partial charge in [0.1, 0.15) is 17.7 Å². The molecule has 2 atom stereocenters. The lowest BCUT2D eigenvalue weighted by Gasteiger charge is -2.21. The molecule has 8 heteroatoms. The lowest BCUT2D eigenvalue weighted by molar-refractivity contribution is -0.119. The molecule has 1 aromatic heterocycles. The summed E-state index contributed by atoms with van der Waals surface area (Å²) in [5.74, 6) is 2.45. The van der Waals surface area contributed by atoms with Crippen molar-refractivity contribution in [2.45, 2.75) is 38.8 Å². The number of methoxy groups -OCH3 is 1. The van der Waals surface area contributed by atoms with Gasteiger partial charge in [-0.1, -0.05) is 12.1 Å². The molecule has 31 heavy (non-hydrogen) atoms. The normalized spacial score (nSPS) is 16.8. The van der Waals surface area contributed by atoms with Crippen molar-refractivity contribution in [1.29, 1.82) is 0 Å². The monoisotopic (exact) mass is 427 g/mol. The Labute approximate surface area is 184 Å². The quantitative estimate of drug-likeness (QED) is 0.584. The van der Waals surface area contributed by atoms with E-state index in [-0.39, 0.29) is 18.1 Å². The van der Waals surface area contributed by atoms with Gasteiger partial charge in [-0.05, 0) is 37.1 Å². The smallest absolute Gasteiger partial charge is 0.226 e. The highest BCUT2D eigenvalue weighted by atomic mass is 16.5. The summed E-state index contributed by atoms with van der Waals surface area (Å²) < 4.78 is 11.3. The van der Waals surface area contributed by atoms with E-state index >= 15 is 0 Å². The average molecular weight is 428 g/mol. The molecule has 1 amide bonds. The van der Waals surface area contributed by atoms with Crippen molar-refractivity contribution in [3.8, 4) is 5.75 Å². The molecule has 8 nitrogen and oxygen atoms in total. The molecule has 2 heterocycles. The molecule has 0 radical (unpaired) electrons. The second kappa shape index (κ2) is 10.9. The summed E-state index contributed by atoms with van der Waals surface area (Å²) >= 11 is 0. The Hall–Kier alpha value is -2.87. The third kappa shape index (κ3) is 6.55. The molecule has 1 aromatic carbocycles. The molecule has 168 valence electrons. The van der Waals surface area contributed by atoms with E-state index in [1.807, 2.05) is 50.5 Å². The number of nitrogens with zero attached hydrogens (tertiary/aromatic N) is 4. The number of carbonyl (C=O) groups is 1. The van der Waals surface area contributed by atoms with Crippen LogP contribution in [-0.2, 0) is 9.53 Å². The predicted molar refractivity (Wildman–Crippen MR) is 122 cm³/mol. The van der Waals surface area contributed by atoms with Crippen LogP contribution in [-0.4, -0.2) is 62.4 Å². The summed E-state index contributed by atoms with van der Waals surface area (Å²) in [6.07, 6.45) is 3.79. The van der Waals surface area contributed by atoms with Crippen LogP contribution in [0.25, 0.3) is 0 Å². The maximum Gasteiger partial charge on any atom is 0.226 e. The molecule has 1 saturated heterocycles. The van der Waals surface area contributed by atoms with Gasteiger partial charge < -0.3 is 24.6 Å². The molecule has 3 rings (SSSR count). The van der Waals surface area contributed by atoms with E-state index in [4.69, 9.17) is 14.5 Å². The Morgan fingerprint density at radius 3 is 2.81 bits per heavy atom. The summed E-state index contributed by atoms with van der Waals surface area (Å²) in [5, 5.41) is 2.89. The first-order valence-electron chi connectivity index (χ1n) is 10.8. The van der Waals surface area contributed by atoms with Crippen LogP contribution in [0.2, 0.25) is 0 Å². The van der Waals surface area contributed by atoms with Crippen LogP contribution in [0.4, 0.5) is 11.8 Å². The number of rotatable bonds is 10. The number of anilines is 2. The maximum atomic E-state index is 11.2. The van der Waals surface area contributed by atoms with E-state index in [0.29, 0.717) is 0 Å². The number of hydrogen-bond acceptors (Lipinski definition) is 7. The Kier molecular flexibility index (Phi) is 8.06. The Balaban J connectivity index is 1.54. The minimum Gasteiger partial charge on any atom is -0.489 e. The van der Waals surface area contributed by atoms with E-state index in [9.17, 15) is 4.79 Å². The molecular formula is C23H33N5O3. The van der Waals surface area contributed by atoms with E-state index in [2.05, 4.69) is 20.1 Å². The minimum atomic E-state index is -0.0343. The molecule has 0 spiro atoms. The van der Waals surface area contributed by atoms with Crippen LogP contribution < -0.4 is 19.9 Å². The fourth-order valence-electron chi connectivity index (χ4n) is 3.69. The molecule has 0 saturated carbocycles. The summed E-state index contributed by atoms with van der Waals surface area (Å²) in [4.78, 5) is 24.7. The number of carbonyl (C=O) groups excluding carboxylic acids is 1. The first kappa shape index (κ1) is 22.8. The molecule has 0 bridgehead atoms. The van der Waals surface area contributed by atoms with Crippen molar-refractivity contribution in [3.63, 3.8) is 0 Å². The molecule has 1 fully saturated rings. The van der Waals surface area contributed by atoms with E-state index in [0.717, 1.165) is 62.2 Å². The van der Waals surface area contributed by atoms with Gasteiger partial charge in [0.25, 0.3) is 0 Å². The van der Waals surface area contributed by atoms with E-state index < -0.39 is 0 Å². The summed E-state index contributed by atoms with van der Waals surface area (Å²) in [5.41, 5.74) is 1.05. The van der Waals surface area contributed by atoms with Gasteiger partial charge in [0.05, 0.1) is 12.6 Å². The van der Waals surface area contributed by atoms with Crippen molar-refractivity contribution >= 4 is 17.7 Å². The van der Waals surface area contributed by atoms with Crippen molar-refractivity contribution in [2.75, 3.05) is 50.2 Å². The third-order valence-electron chi connectivity index (χ3n) is 5.38. The van der Waals surface area contributed by atoms with Crippen LogP contribution in [0.5, 0.6) is 5.75 Å². The fraction of sp³-hybridized carbons (Fsp3) is 0.522. The summed E-state index contributed by atoms with van der Waals surface area (Å²) in [7, 11) is 3.71. The van der Waals surface area contributed by atoms with Gasteiger partial charge in [0.2, 0.25) is 11.9 Å². The largest absolute Gasteiger partial charge is 0.489 e. The van der Waals surface area contributed by atoms with Crippen molar-refractivity contribution in [3.05, 3.63) is 42.1 Å². The van der Waals surface area contributed by atoms with Gasteiger partial charge in [-0.3, -0.25) is 4.79 Å². The zero-order chi connectivity index (χ0) is 22.2. The van der Waals surface area contributed by atoms with Crippen molar-refractivity contribution < 1.29 is 14.3 Å². The number of amides is 1. The predicted octanol–water partition coefficient (Wildman–Crippen LogP) is 2.80. The number of benzene rings is 1. The highest BCUT2D eigenvalue weighted by Gasteiger charge is 2.25. The fourth-order valence-corrected chi connectivity index (χ4v) is 3.69. The zero-order valence-electron chi connectivity index (χ0n) is 18.9. The molecule has 2 aromatic rings. The lowest BCUT2D eigenvalue weighted by atomic mass is 10.1. The van der Waals surface area contributed by atoms with Gasteiger partial charge in [-0.15, -0.1) is 0 Å². The van der Waals surface area contributed by atoms with Crippen LogP contribution in [0.3, 0.4) is 0 Å². The second-order valence-corrected chi connectivity index (χ2v) is 7.95. The second-order valence-electron chi connectivity index (χ2n) is 7.95. The topological polar surface area (TPSA) is 79.8 Å². The molecular weight excluding hydrogens is 394 g/mol. The first-order chi connectivity index (χ1) is 15.0. The maximum absolute atomic E-state index is 11.2. The minimum absolute atomic E-state index is 0.0203. The van der Waals surface area contributed by atoms with Crippen LogP contribution in [0, 0.1) is 0 Å². The number of nitrogens with one attached hydrogen (secondary N) is 1. The molecule has 0 unspecified atom stereocenters. The van der Waals surface area contributed by atoms with Gasteiger partial charge in [-0.25, -0.2) is 4.98 Å². The number of ether oxygens (including phenoxy) is 2. The third-order valence-corrected chi connectivity index (χ3v) is 5.38. The number of hydrogen-bond donors (Lipinski definition) is 1. The average Bonchev–Trinajstić information content (AvgIpc) is 3.22. The van der Waals surface area contributed by atoms with Gasteiger partial charge in [0.15, 0.2) is 0 Å². The SMILES string of the molecule is COCCCN(C)c1nccc(N2CC[C@@H](Oc3ccc([C@H](C)NC(C)=O)cc3)C2)n1. The van der Waals surface area contributed by atoms with Gasteiger partial charge in [-0.2, -0.15) is 4.98 Å². The summed E-state index contributed by atoms with van der Waals surface area (Å²) in [6, 6.07) is 9.86. The van der Waals surface area contributed by atoms with E-state index in [1.54, 1.807) is 7.11 Å². The molecule has 1 aliphatic heterocycles. The van der Waals surface area contributed by atoms with Crippen LogP contribution in [0.15, 0.2) is 36.5 Å². The lowest BCUT2D eigenvalue weighted by Crippen LogP contribution is -2.27. The Bertz CT molecular complexity index is 845. The highest BCUT2D eigenvalue weighted by molar-refractivity contribution is 5.73.